The molecule has 0 fully saturated rings. The van der Waals surface area contributed by atoms with Crippen LogP contribution >= 0.6 is 11.7 Å². The van der Waals surface area contributed by atoms with Crippen LogP contribution in [0.3, 0.4) is 0 Å². The van der Waals surface area contributed by atoms with Gasteiger partial charge in [-0.05, 0) is 42.0 Å². The number of nitrogens with one attached hydrogen (secondary N) is 2. The van der Waals surface area contributed by atoms with Crippen LogP contribution in [0.1, 0.15) is 0 Å². The number of ether oxygens (including phenoxy) is 1. The van der Waals surface area contributed by atoms with Crippen LogP contribution in [0.5, 0.6) is 11.5 Å². The summed E-state index contributed by atoms with van der Waals surface area (Å²) >= 11 is 1.17. The van der Waals surface area contributed by atoms with Gasteiger partial charge in [0.05, 0.1) is 17.3 Å². The second kappa shape index (κ2) is 7.84. The highest BCUT2D eigenvalue weighted by atomic mass is 32.1. The van der Waals surface area contributed by atoms with Crippen molar-refractivity contribution in [2.24, 2.45) is 0 Å². The molecule has 10 heteroatoms. The highest BCUT2D eigenvalue weighted by Crippen LogP contribution is 2.26. The first kappa shape index (κ1) is 19.1. The number of rotatable bonds is 5. The maximum absolute atomic E-state index is 12.9. The monoisotopic (exact) mass is 453 g/mol. The minimum atomic E-state index is -0.220. The van der Waals surface area contributed by atoms with E-state index in [-0.39, 0.29) is 11.3 Å². The van der Waals surface area contributed by atoms with E-state index in [1.807, 2.05) is 72.8 Å². The maximum Gasteiger partial charge on any atom is 0.281 e. The fourth-order valence-corrected chi connectivity index (χ4v) is 3.95. The lowest BCUT2D eigenvalue weighted by Crippen LogP contribution is -2.17. The molecule has 0 aliphatic heterocycles. The highest BCUT2D eigenvalue weighted by Gasteiger charge is 2.11. The Balaban J connectivity index is 1.22. The van der Waals surface area contributed by atoms with E-state index in [2.05, 4.69) is 29.1 Å². The third-order valence-corrected chi connectivity index (χ3v) is 5.59. The second-order valence-corrected chi connectivity index (χ2v) is 7.75. The minimum Gasteiger partial charge on any atom is -0.457 e. The van der Waals surface area contributed by atoms with Gasteiger partial charge in [0.15, 0.2) is 0 Å². The molecule has 0 spiro atoms. The normalized spacial score (nSPS) is 11.2. The Bertz CT molecular complexity index is 1640. The second-order valence-electron chi connectivity index (χ2n) is 7.22. The molecule has 0 radical (unpaired) electrons. The molecule has 0 amide bonds. The third kappa shape index (κ3) is 3.68. The van der Waals surface area contributed by atoms with Gasteiger partial charge in [0, 0.05) is 18.0 Å². The number of hydrogen-bond donors (Lipinski definition) is 2. The molecule has 0 bridgehead atoms. The molecule has 6 aromatic rings. The van der Waals surface area contributed by atoms with E-state index < -0.39 is 0 Å². The topological polar surface area (TPSA) is 110 Å². The van der Waals surface area contributed by atoms with Gasteiger partial charge in [0.1, 0.15) is 22.5 Å². The van der Waals surface area contributed by atoms with E-state index >= 15 is 0 Å². The van der Waals surface area contributed by atoms with Crippen LogP contribution in [0, 0.1) is 0 Å². The summed E-state index contributed by atoms with van der Waals surface area (Å²) in [4.78, 5) is 21.5. The van der Waals surface area contributed by atoms with Crippen molar-refractivity contribution in [1.82, 2.24) is 28.3 Å². The SMILES string of the molecule is O=c1c(-c2ccccc2)cnc2nc(Nc3ccc(Oc4ccc5nsnc5c4)cc3)[nH]n12. The van der Waals surface area contributed by atoms with Crippen LogP contribution in [-0.2, 0) is 0 Å². The number of hydrogen-bond acceptors (Lipinski definition) is 8. The summed E-state index contributed by atoms with van der Waals surface area (Å²) < 4.78 is 15.7. The predicted octanol–water partition coefficient (Wildman–Crippen LogP) is 4.63. The van der Waals surface area contributed by atoms with Crippen molar-refractivity contribution < 1.29 is 4.74 Å². The first-order valence-electron chi connectivity index (χ1n) is 10.0. The molecule has 2 N–H and O–H groups in total. The quantitative estimate of drug-likeness (QED) is 0.392. The minimum absolute atomic E-state index is 0.220. The average Bonchev–Trinajstić information content (AvgIpc) is 3.48. The smallest absolute Gasteiger partial charge is 0.281 e. The van der Waals surface area contributed by atoms with E-state index in [0.29, 0.717) is 23.0 Å². The molecule has 0 saturated heterocycles. The molecular weight excluding hydrogens is 438 g/mol. The lowest BCUT2D eigenvalue weighted by atomic mass is 10.1. The van der Waals surface area contributed by atoms with Crippen molar-refractivity contribution in [2.75, 3.05) is 5.32 Å². The Labute approximate surface area is 190 Å². The molecule has 0 aliphatic rings. The highest BCUT2D eigenvalue weighted by molar-refractivity contribution is 7.00. The zero-order valence-electron chi connectivity index (χ0n) is 17.0. The van der Waals surface area contributed by atoms with Crippen LogP contribution in [0.15, 0.2) is 83.8 Å². The van der Waals surface area contributed by atoms with E-state index in [1.54, 1.807) is 6.20 Å². The summed E-state index contributed by atoms with van der Waals surface area (Å²) in [6.07, 6.45) is 1.54. The summed E-state index contributed by atoms with van der Waals surface area (Å²) in [5, 5.41) is 6.12. The number of benzene rings is 3. The summed E-state index contributed by atoms with van der Waals surface area (Å²) in [6, 6.07) is 22.4. The average molecular weight is 453 g/mol. The van der Waals surface area contributed by atoms with Crippen molar-refractivity contribution >= 4 is 40.2 Å². The Morgan fingerprint density at radius 2 is 1.70 bits per heavy atom. The molecular formula is C23H15N7O2S. The summed E-state index contributed by atoms with van der Waals surface area (Å²) in [7, 11) is 0. The van der Waals surface area contributed by atoms with Crippen molar-refractivity contribution in [3.05, 3.63) is 89.3 Å². The number of nitrogens with zero attached hydrogens (tertiary/aromatic N) is 5. The Kier molecular flexibility index (Phi) is 4.55. The van der Waals surface area contributed by atoms with E-state index in [0.717, 1.165) is 22.3 Å². The lowest BCUT2D eigenvalue weighted by Gasteiger charge is -2.07. The summed E-state index contributed by atoms with van der Waals surface area (Å²) in [6.45, 7) is 0. The molecule has 160 valence electrons. The van der Waals surface area contributed by atoms with Gasteiger partial charge in [-0.2, -0.15) is 18.2 Å². The molecule has 3 aromatic carbocycles. The van der Waals surface area contributed by atoms with Crippen molar-refractivity contribution in [3.8, 4) is 22.6 Å². The van der Waals surface area contributed by atoms with E-state index in [1.165, 1.54) is 16.2 Å². The fraction of sp³-hybridized carbons (Fsp3) is 0. The number of aromatic amines is 1. The molecule has 3 heterocycles. The van der Waals surface area contributed by atoms with Crippen LogP contribution in [0.25, 0.3) is 27.9 Å². The molecule has 0 unspecified atom stereocenters. The number of H-pyrrole nitrogens is 1. The Morgan fingerprint density at radius 1 is 0.909 bits per heavy atom. The first-order chi connectivity index (χ1) is 16.2. The molecule has 0 atom stereocenters. The van der Waals surface area contributed by atoms with Crippen molar-refractivity contribution in [3.63, 3.8) is 0 Å². The zero-order valence-corrected chi connectivity index (χ0v) is 17.8. The van der Waals surface area contributed by atoms with Crippen molar-refractivity contribution in [1.29, 1.82) is 0 Å². The Morgan fingerprint density at radius 3 is 2.55 bits per heavy atom. The molecule has 0 saturated carbocycles. The molecule has 9 nitrogen and oxygen atoms in total. The Hall–Kier alpha value is -4.57. The van der Waals surface area contributed by atoms with Gasteiger partial charge >= 0.3 is 0 Å². The number of aromatic nitrogens is 6. The van der Waals surface area contributed by atoms with E-state index in [9.17, 15) is 4.79 Å². The summed E-state index contributed by atoms with van der Waals surface area (Å²) in [5.74, 6) is 2.06. The van der Waals surface area contributed by atoms with E-state index in [4.69, 9.17) is 4.74 Å². The molecule has 3 aromatic heterocycles. The van der Waals surface area contributed by atoms with Gasteiger partial charge in [-0.25, -0.2) is 4.98 Å². The van der Waals surface area contributed by atoms with Gasteiger partial charge < -0.3 is 10.1 Å². The lowest BCUT2D eigenvalue weighted by molar-refractivity contribution is 0.483. The molecule has 0 aliphatic carbocycles. The standard InChI is InChI=1S/C23H15N7O2S/c31-21-18(14-4-2-1-3-5-14)13-24-23-26-22(27-30(21)23)25-15-6-8-16(9-7-15)32-17-10-11-19-20(12-17)29-33-28-19/h1-13H,(H2,24,25,26,27). The zero-order chi connectivity index (χ0) is 22.2. The fourth-order valence-electron chi connectivity index (χ4n) is 3.43. The third-order valence-electron chi connectivity index (χ3n) is 5.03. The maximum atomic E-state index is 12.9. The number of anilines is 2. The van der Waals surface area contributed by atoms with Crippen LogP contribution < -0.4 is 15.6 Å². The number of fused-ring (bicyclic) bond motifs is 2. The molecule has 6 rings (SSSR count). The van der Waals surface area contributed by atoms with Crippen molar-refractivity contribution in [2.45, 2.75) is 0 Å². The van der Waals surface area contributed by atoms with Gasteiger partial charge in [0.25, 0.3) is 11.3 Å². The van der Waals surface area contributed by atoms with Gasteiger partial charge in [0.2, 0.25) is 5.95 Å². The summed E-state index contributed by atoms with van der Waals surface area (Å²) in [5.41, 5.74) is 3.51. The molecule has 33 heavy (non-hydrogen) atoms. The van der Waals surface area contributed by atoms with Crippen LogP contribution in [0.2, 0.25) is 0 Å². The largest absolute Gasteiger partial charge is 0.457 e. The first-order valence-corrected chi connectivity index (χ1v) is 10.8. The van der Waals surface area contributed by atoms with Gasteiger partial charge in [-0.1, -0.05) is 30.3 Å². The van der Waals surface area contributed by atoms with Gasteiger partial charge in [-0.15, -0.1) is 0 Å². The van der Waals surface area contributed by atoms with Gasteiger partial charge in [-0.3, -0.25) is 9.89 Å². The van der Waals surface area contributed by atoms with Crippen LogP contribution in [0.4, 0.5) is 11.6 Å². The van der Waals surface area contributed by atoms with Crippen LogP contribution in [-0.4, -0.2) is 28.3 Å². The predicted molar refractivity (Wildman–Crippen MR) is 126 cm³/mol.